The third kappa shape index (κ3) is 4.25. The standard InChI is InChI=1S/C18H26N6O2/c1-3-19-18(21-7-9-22-8-6-20-15(22)2)24-12-10-23(11-13-24)17(25)16-5-4-14-26-16/h4-6,8,14H,3,7,9-13H2,1-2H3,(H,19,21). The van der Waals surface area contributed by atoms with Gasteiger partial charge in [0.05, 0.1) is 12.8 Å². The number of rotatable bonds is 5. The second kappa shape index (κ2) is 8.55. The fourth-order valence-electron chi connectivity index (χ4n) is 3.01. The van der Waals surface area contributed by atoms with Gasteiger partial charge in [0.2, 0.25) is 0 Å². The van der Waals surface area contributed by atoms with Crippen LogP contribution in [0.4, 0.5) is 0 Å². The fourth-order valence-corrected chi connectivity index (χ4v) is 3.01. The number of nitrogens with zero attached hydrogens (tertiary/aromatic N) is 5. The van der Waals surface area contributed by atoms with E-state index in [1.807, 2.05) is 18.0 Å². The SMILES string of the molecule is CCNC(=NCCn1ccnc1C)N1CCN(C(=O)c2ccco2)CC1. The smallest absolute Gasteiger partial charge is 0.289 e. The van der Waals surface area contributed by atoms with Crippen LogP contribution in [0.5, 0.6) is 0 Å². The monoisotopic (exact) mass is 358 g/mol. The number of aryl methyl sites for hydroxylation is 1. The number of aromatic nitrogens is 2. The van der Waals surface area contributed by atoms with Gasteiger partial charge in [-0.1, -0.05) is 0 Å². The number of hydrogen-bond acceptors (Lipinski definition) is 4. The normalized spacial score (nSPS) is 15.4. The van der Waals surface area contributed by atoms with Gasteiger partial charge in [-0.05, 0) is 26.0 Å². The van der Waals surface area contributed by atoms with E-state index >= 15 is 0 Å². The number of nitrogens with one attached hydrogen (secondary N) is 1. The van der Waals surface area contributed by atoms with Crippen LogP contribution in [0.1, 0.15) is 23.3 Å². The molecule has 0 saturated carbocycles. The van der Waals surface area contributed by atoms with Crippen LogP contribution in [0.15, 0.2) is 40.2 Å². The molecule has 3 heterocycles. The molecule has 0 aliphatic carbocycles. The summed E-state index contributed by atoms with van der Waals surface area (Å²) in [6, 6.07) is 3.44. The Hall–Kier alpha value is -2.77. The number of carbonyl (C=O) groups excluding carboxylic acids is 1. The number of aliphatic imine (C=N–C) groups is 1. The Bertz CT molecular complexity index is 729. The van der Waals surface area contributed by atoms with E-state index in [4.69, 9.17) is 9.41 Å². The van der Waals surface area contributed by atoms with E-state index in [1.165, 1.54) is 6.26 Å². The first-order valence-corrected chi connectivity index (χ1v) is 9.03. The minimum atomic E-state index is -0.0489. The highest BCUT2D eigenvalue weighted by molar-refractivity contribution is 5.91. The number of carbonyl (C=O) groups is 1. The van der Waals surface area contributed by atoms with Crippen molar-refractivity contribution in [3.63, 3.8) is 0 Å². The first-order valence-electron chi connectivity index (χ1n) is 9.03. The number of furan rings is 1. The first kappa shape index (κ1) is 18.0. The zero-order valence-corrected chi connectivity index (χ0v) is 15.4. The van der Waals surface area contributed by atoms with Crippen LogP contribution in [0.25, 0.3) is 0 Å². The minimum absolute atomic E-state index is 0.0489. The van der Waals surface area contributed by atoms with Crippen LogP contribution in [0.2, 0.25) is 0 Å². The van der Waals surface area contributed by atoms with E-state index in [-0.39, 0.29) is 5.91 Å². The van der Waals surface area contributed by atoms with Gasteiger partial charge in [-0.15, -0.1) is 0 Å². The van der Waals surface area contributed by atoms with Gasteiger partial charge in [-0.3, -0.25) is 9.79 Å². The van der Waals surface area contributed by atoms with Crippen LogP contribution in [0, 0.1) is 6.92 Å². The number of amides is 1. The minimum Gasteiger partial charge on any atom is -0.459 e. The summed E-state index contributed by atoms with van der Waals surface area (Å²) in [4.78, 5) is 25.4. The topological polar surface area (TPSA) is 78.9 Å². The molecule has 0 radical (unpaired) electrons. The second-order valence-corrected chi connectivity index (χ2v) is 6.16. The summed E-state index contributed by atoms with van der Waals surface area (Å²) in [5.74, 6) is 2.24. The summed E-state index contributed by atoms with van der Waals surface area (Å²) < 4.78 is 7.30. The molecule has 1 saturated heterocycles. The van der Waals surface area contributed by atoms with Gasteiger partial charge in [-0.25, -0.2) is 4.98 Å². The molecule has 26 heavy (non-hydrogen) atoms. The maximum absolute atomic E-state index is 12.4. The zero-order chi connectivity index (χ0) is 18.4. The van der Waals surface area contributed by atoms with Crippen molar-refractivity contribution in [2.75, 3.05) is 39.3 Å². The largest absolute Gasteiger partial charge is 0.459 e. The molecule has 1 amide bonds. The molecule has 2 aromatic rings. The third-order valence-corrected chi connectivity index (χ3v) is 4.46. The van der Waals surface area contributed by atoms with Gasteiger partial charge in [0.25, 0.3) is 5.91 Å². The van der Waals surface area contributed by atoms with Crippen molar-refractivity contribution < 1.29 is 9.21 Å². The Kier molecular flexibility index (Phi) is 5.93. The van der Waals surface area contributed by atoms with Crippen molar-refractivity contribution in [2.24, 2.45) is 4.99 Å². The van der Waals surface area contributed by atoms with Crippen molar-refractivity contribution in [3.05, 3.63) is 42.4 Å². The quantitative estimate of drug-likeness (QED) is 0.642. The Balaban J connectivity index is 1.55. The highest BCUT2D eigenvalue weighted by atomic mass is 16.3. The third-order valence-electron chi connectivity index (χ3n) is 4.46. The van der Waals surface area contributed by atoms with Gasteiger partial charge >= 0.3 is 0 Å². The van der Waals surface area contributed by atoms with Crippen LogP contribution >= 0.6 is 0 Å². The lowest BCUT2D eigenvalue weighted by atomic mass is 10.3. The van der Waals surface area contributed by atoms with Crippen LogP contribution in [-0.2, 0) is 6.54 Å². The summed E-state index contributed by atoms with van der Waals surface area (Å²) in [5.41, 5.74) is 0. The van der Waals surface area contributed by atoms with Gasteiger partial charge in [0.1, 0.15) is 5.82 Å². The molecule has 0 atom stereocenters. The molecule has 0 aromatic carbocycles. The summed E-state index contributed by atoms with van der Waals surface area (Å²) in [7, 11) is 0. The van der Waals surface area contributed by atoms with E-state index in [2.05, 4.69) is 26.7 Å². The maximum atomic E-state index is 12.4. The van der Waals surface area contributed by atoms with Gasteiger partial charge < -0.3 is 24.1 Å². The molecule has 0 unspecified atom stereocenters. The van der Waals surface area contributed by atoms with E-state index in [0.29, 0.717) is 25.4 Å². The maximum Gasteiger partial charge on any atom is 0.289 e. The van der Waals surface area contributed by atoms with E-state index < -0.39 is 0 Å². The lowest BCUT2D eigenvalue weighted by molar-refractivity contribution is 0.0657. The lowest BCUT2D eigenvalue weighted by Crippen LogP contribution is -2.53. The average Bonchev–Trinajstić information content (AvgIpc) is 3.33. The van der Waals surface area contributed by atoms with Crippen LogP contribution in [0.3, 0.4) is 0 Å². The number of hydrogen-bond donors (Lipinski definition) is 1. The molecule has 2 aromatic heterocycles. The Morgan fingerprint density at radius 1 is 1.31 bits per heavy atom. The van der Waals surface area contributed by atoms with Crippen LogP contribution in [-0.4, -0.2) is 70.5 Å². The Morgan fingerprint density at radius 2 is 2.08 bits per heavy atom. The second-order valence-electron chi connectivity index (χ2n) is 6.16. The molecule has 1 aliphatic heterocycles. The molecule has 0 spiro atoms. The predicted octanol–water partition coefficient (Wildman–Crippen LogP) is 1.21. The summed E-state index contributed by atoms with van der Waals surface area (Å²) in [5, 5.41) is 3.35. The van der Waals surface area contributed by atoms with Gasteiger partial charge in [0.15, 0.2) is 11.7 Å². The fraction of sp³-hybridized carbons (Fsp3) is 0.500. The summed E-state index contributed by atoms with van der Waals surface area (Å²) in [6.45, 7) is 9.17. The molecule has 1 aliphatic rings. The van der Waals surface area contributed by atoms with Crippen molar-refractivity contribution in [1.82, 2.24) is 24.7 Å². The van der Waals surface area contributed by atoms with E-state index in [0.717, 1.165) is 38.0 Å². The number of piperazine rings is 1. The van der Waals surface area contributed by atoms with Crippen molar-refractivity contribution in [1.29, 1.82) is 0 Å². The van der Waals surface area contributed by atoms with Gasteiger partial charge in [0, 0.05) is 51.7 Å². The molecule has 8 nitrogen and oxygen atoms in total. The molecule has 8 heteroatoms. The molecule has 140 valence electrons. The first-order chi connectivity index (χ1) is 12.7. The summed E-state index contributed by atoms with van der Waals surface area (Å²) in [6.07, 6.45) is 5.30. The average molecular weight is 358 g/mol. The molecule has 3 rings (SSSR count). The Morgan fingerprint density at radius 3 is 2.69 bits per heavy atom. The molecular weight excluding hydrogens is 332 g/mol. The number of guanidine groups is 1. The van der Waals surface area contributed by atoms with Crippen molar-refractivity contribution in [2.45, 2.75) is 20.4 Å². The molecular formula is C18H26N6O2. The summed E-state index contributed by atoms with van der Waals surface area (Å²) >= 11 is 0. The van der Waals surface area contributed by atoms with Crippen molar-refractivity contribution >= 4 is 11.9 Å². The number of imidazole rings is 1. The molecule has 1 N–H and O–H groups in total. The van der Waals surface area contributed by atoms with Gasteiger partial charge in [-0.2, -0.15) is 0 Å². The van der Waals surface area contributed by atoms with E-state index in [1.54, 1.807) is 18.3 Å². The highest BCUT2D eigenvalue weighted by Gasteiger charge is 2.25. The molecule has 1 fully saturated rings. The van der Waals surface area contributed by atoms with E-state index in [9.17, 15) is 4.79 Å². The Labute approximate surface area is 153 Å². The van der Waals surface area contributed by atoms with Crippen molar-refractivity contribution in [3.8, 4) is 0 Å². The van der Waals surface area contributed by atoms with Crippen LogP contribution < -0.4 is 5.32 Å². The lowest BCUT2D eigenvalue weighted by Gasteiger charge is -2.36. The highest BCUT2D eigenvalue weighted by Crippen LogP contribution is 2.09. The predicted molar refractivity (Wildman–Crippen MR) is 99.1 cm³/mol. The molecule has 0 bridgehead atoms. The zero-order valence-electron chi connectivity index (χ0n) is 15.4.